The minimum absolute atomic E-state index is 0.0316. The summed E-state index contributed by atoms with van der Waals surface area (Å²) in [6.07, 6.45) is 7.04. The van der Waals surface area contributed by atoms with E-state index in [1.807, 2.05) is 36.9 Å². The molecule has 34 heavy (non-hydrogen) atoms. The fraction of sp³-hybridized carbons (Fsp3) is 0.464. The van der Waals surface area contributed by atoms with Gasteiger partial charge >= 0.3 is 0 Å². The molecular formula is C28H32ClN3O2. The zero-order valence-electron chi connectivity index (χ0n) is 19.9. The first kappa shape index (κ1) is 24.3. The van der Waals surface area contributed by atoms with Gasteiger partial charge in [0.15, 0.2) is 0 Å². The lowest BCUT2D eigenvalue weighted by Crippen LogP contribution is -2.55. The summed E-state index contributed by atoms with van der Waals surface area (Å²) in [6.45, 7) is 4.62. The van der Waals surface area contributed by atoms with Gasteiger partial charge in [-0.05, 0) is 74.8 Å². The predicted octanol–water partition coefficient (Wildman–Crippen LogP) is 6.27. The zero-order valence-corrected chi connectivity index (χ0v) is 20.7. The molecule has 2 aromatic rings. The highest BCUT2D eigenvalue weighted by atomic mass is 35.5. The fourth-order valence-corrected chi connectivity index (χ4v) is 6.01. The van der Waals surface area contributed by atoms with Crippen molar-refractivity contribution in [1.29, 1.82) is 5.26 Å². The molecule has 1 heterocycles. The molecule has 0 unspecified atom stereocenters. The maximum atomic E-state index is 13.9. The third-order valence-corrected chi connectivity index (χ3v) is 7.71. The Bertz CT molecular complexity index is 1100. The molecule has 4 rings (SSSR count). The van der Waals surface area contributed by atoms with Crippen molar-refractivity contribution in [3.05, 3.63) is 63.7 Å². The van der Waals surface area contributed by atoms with Gasteiger partial charge < -0.3 is 10.2 Å². The fourth-order valence-electron chi connectivity index (χ4n) is 5.84. The van der Waals surface area contributed by atoms with Crippen LogP contribution in [0.15, 0.2) is 36.4 Å². The molecule has 1 aliphatic carbocycles. The SMILES string of the molecule is Cc1cccc(C)c1C(=O)N1CCC[C@H](C(=O)Nc2cc(Cl)ccc2C#N)[C@@H]1C1CCCCC1. The number of nitrogens with one attached hydrogen (secondary N) is 1. The van der Waals surface area contributed by atoms with E-state index in [2.05, 4.69) is 11.4 Å². The van der Waals surface area contributed by atoms with Crippen molar-refractivity contribution in [3.8, 4) is 6.07 Å². The second-order valence-corrected chi connectivity index (χ2v) is 10.1. The summed E-state index contributed by atoms with van der Waals surface area (Å²) in [7, 11) is 0. The number of rotatable bonds is 4. The molecular weight excluding hydrogens is 446 g/mol. The number of hydrogen-bond donors (Lipinski definition) is 1. The topological polar surface area (TPSA) is 73.2 Å². The van der Waals surface area contributed by atoms with Crippen molar-refractivity contribution in [2.24, 2.45) is 11.8 Å². The molecule has 1 saturated heterocycles. The molecule has 0 radical (unpaired) electrons. The Hall–Kier alpha value is -2.84. The van der Waals surface area contributed by atoms with E-state index in [9.17, 15) is 14.9 Å². The number of piperidine rings is 1. The molecule has 2 aromatic carbocycles. The van der Waals surface area contributed by atoms with Crippen LogP contribution in [-0.2, 0) is 4.79 Å². The van der Waals surface area contributed by atoms with Crippen LogP contribution in [0.2, 0.25) is 5.02 Å². The van der Waals surface area contributed by atoms with Gasteiger partial charge in [0.05, 0.1) is 17.2 Å². The summed E-state index contributed by atoms with van der Waals surface area (Å²) in [4.78, 5) is 29.5. The van der Waals surface area contributed by atoms with Crippen LogP contribution in [0.3, 0.4) is 0 Å². The van der Waals surface area contributed by atoms with Gasteiger partial charge in [-0.3, -0.25) is 9.59 Å². The van der Waals surface area contributed by atoms with Crippen LogP contribution in [0.5, 0.6) is 0 Å². The number of amides is 2. The van der Waals surface area contributed by atoms with E-state index < -0.39 is 0 Å². The van der Waals surface area contributed by atoms with Crippen LogP contribution < -0.4 is 5.32 Å². The maximum absolute atomic E-state index is 13.9. The average molecular weight is 478 g/mol. The third kappa shape index (κ3) is 4.98. The Morgan fingerprint density at radius 1 is 1.03 bits per heavy atom. The molecule has 0 spiro atoms. The summed E-state index contributed by atoms with van der Waals surface area (Å²) >= 11 is 6.14. The molecule has 2 amide bonds. The molecule has 5 nitrogen and oxygen atoms in total. The molecule has 1 aliphatic heterocycles. The van der Waals surface area contributed by atoms with Gasteiger partial charge in [0.25, 0.3) is 5.91 Å². The Kier molecular flexibility index (Phi) is 7.58. The number of nitrogens with zero attached hydrogens (tertiary/aromatic N) is 2. The van der Waals surface area contributed by atoms with Gasteiger partial charge in [-0.25, -0.2) is 0 Å². The number of likely N-dealkylation sites (tertiary alicyclic amines) is 1. The summed E-state index contributed by atoms with van der Waals surface area (Å²) in [6, 6.07) is 12.8. The van der Waals surface area contributed by atoms with Gasteiger partial charge in [0.2, 0.25) is 5.91 Å². The normalized spacial score (nSPS) is 21.1. The minimum atomic E-state index is -0.323. The molecule has 2 fully saturated rings. The number of benzene rings is 2. The number of halogens is 1. The molecule has 6 heteroatoms. The largest absolute Gasteiger partial charge is 0.335 e. The van der Waals surface area contributed by atoms with Crippen molar-refractivity contribution in [2.75, 3.05) is 11.9 Å². The van der Waals surface area contributed by atoms with Crippen LogP contribution in [0.4, 0.5) is 5.69 Å². The second-order valence-electron chi connectivity index (χ2n) is 9.69. The summed E-state index contributed by atoms with van der Waals surface area (Å²) in [5, 5.41) is 12.9. The third-order valence-electron chi connectivity index (χ3n) is 7.47. The quantitative estimate of drug-likeness (QED) is 0.564. The average Bonchev–Trinajstić information content (AvgIpc) is 2.84. The lowest BCUT2D eigenvalue weighted by molar-refractivity contribution is -0.124. The monoisotopic (exact) mass is 477 g/mol. The molecule has 1 N–H and O–H groups in total. The van der Waals surface area contributed by atoms with Gasteiger partial charge in [-0.1, -0.05) is 49.1 Å². The Morgan fingerprint density at radius 2 is 1.74 bits per heavy atom. The van der Waals surface area contributed by atoms with Crippen molar-refractivity contribution in [2.45, 2.75) is 64.8 Å². The van der Waals surface area contributed by atoms with Crippen molar-refractivity contribution >= 4 is 29.1 Å². The number of anilines is 1. The first-order chi connectivity index (χ1) is 16.4. The Morgan fingerprint density at radius 3 is 2.41 bits per heavy atom. The standard InChI is InChI=1S/C28H32ClN3O2/c1-18-8-6-9-19(2)25(18)28(34)32-15-7-12-23(26(32)20-10-4-3-5-11-20)27(33)31-24-16-22(29)14-13-21(24)17-30/h6,8-9,13-14,16,20,23,26H,3-5,7,10-12,15H2,1-2H3,(H,31,33)/t23-,26-/m0/s1. The van der Waals surface area contributed by atoms with Crippen LogP contribution in [0, 0.1) is 37.0 Å². The minimum Gasteiger partial charge on any atom is -0.335 e. The molecule has 1 saturated carbocycles. The van der Waals surface area contributed by atoms with E-state index in [-0.39, 0.29) is 23.8 Å². The van der Waals surface area contributed by atoms with Crippen molar-refractivity contribution < 1.29 is 9.59 Å². The zero-order chi connectivity index (χ0) is 24.2. The van der Waals surface area contributed by atoms with Gasteiger partial charge in [0, 0.05) is 23.2 Å². The van der Waals surface area contributed by atoms with Crippen LogP contribution >= 0.6 is 11.6 Å². The predicted molar refractivity (Wildman–Crippen MR) is 135 cm³/mol. The van der Waals surface area contributed by atoms with Gasteiger partial charge in [-0.15, -0.1) is 0 Å². The summed E-state index contributed by atoms with van der Waals surface area (Å²) < 4.78 is 0. The van der Waals surface area contributed by atoms with E-state index in [0.717, 1.165) is 55.2 Å². The number of nitriles is 1. The molecule has 2 atom stereocenters. The van der Waals surface area contributed by atoms with Crippen LogP contribution in [-0.4, -0.2) is 29.3 Å². The van der Waals surface area contributed by atoms with Crippen LogP contribution in [0.1, 0.15) is 72.0 Å². The lowest BCUT2D eigenvalue weighted by Gasteiger charge is -2.46. The summed E-state index contributed by atoms with van der Waals surface area (Å²) in [5.74, 6) is -0.124. The van der Waals surface area contributed by atoms with Crippen LogP contribution in [0.25, 0.3) is 0 Å². The number of hydrogen-bond acceptors (Lipinski definition) is 3. The van der Waals surface area contributed by atoms with E-state index in [1.54, 1.807) is 18.2 Å². The van der Waals surface area contributed by atoms with E-state index in [0.29, 0.717) is 28.7 Å². The maximum Gasteiger partial charge on any atom is 0.254 e. The summed E-state index contributed by atoms with van der Waals surface area (Å²) in [5.41, 5.74) is 3.51. The molecule has 0 aromatic heterocycles. The van der Waals surface area contributed by atoms with E-state index in [4.69, 9.17) is 11.6 Å². The first-order valence-electron chi connectivity index (χ1n) is 12.3. The van der Waals surface area contributed by atoms with Gasteiger partial charge in [0.1, 0.15) is 6.07 Å². The Labute approximate surface area is 207 Å². The van der Waals surface area contributed by atoms with Crippen molar-refractivity contribution in [1.82, 2.24) is 4.90 Å². The first-order valence-corrected chi connectivity index (χ1v) is 12.7. The Balaban J connectivity index is 1.67. The van der Waals surface area contributed by atoms with Gasteiger partial charge in [-0.2, -0.15) is 5.26 Å². The highest BCUT2D eigenvalue weighted by Gasteiger charge is 2.43. The number of carbonyl (C=O) groups is 2. The molecule has 0 bridgehead atoms. The smallest absolute Gasteiger partial charge is 0.254 e. The van der Waals surface area contributed by atoms with E-state index >= 15 is 0 Å². The number of aryl methyl sites for hydroxylation is 2. The number of carbonyl (C=O) groups excluding carboxylic acids is 2. The second kappa shape index (κ2) is 10.6. The van der Waals surface area contributed by atoms with E-state index in [1.165, 1.54) is 6.42 Å². The molecule has 178 valence electrons. The lowest BCUT2D eigenvalue weighted by atomic mass is 9.74. The highest BCUT2D eigenvalue weighted by molar-refractivity contribution is 6.31. The highest BCUT2D eigenvalue weighted by Crippen LogP contribution is 2.39. The molecule has 2 aliphatic rings. The van der Waals surface area contributed by atoms with Crippen molar-refractivity contribution in [3.63, 3.8) is 0 Å².